The van der Waals surface area contributed by atoms with Gasteiger partial charge in [-0.05, 0) is 47.5 Å². The van der Waals surface area contributed by atoms with Gasteiger partial charge in [-0.1, -0.05) is 97.1 Å². The van der Waals surface area contributed by atoms with Crippen LogP contribution in [-0.4, -0.2) is 11.9 Å². The van der Waals surface area contributed by atoms with E-state index < -0.39 is 11.9 Å². The van der Waals surface area contributed by atoms with Crippen LogP contribution in [0, 0.1) is 0 Å². The van der Waals surface area contributed by atoms with E-state index in [9.17, 15) is 9.59 Å². The number of hydrogen-bond donors (Lipinski definition) is 0. The van der Waals surface area contributed by atoms with Gasteiger partial charge in [-0.15, -0.1) is 0 Å². The molecule has 174 valence electrons. The molecule has 0 radical (unpaired) electrons. The highest BCUT2D eigenvalue weighted by molar-refractivity contribution is 5.96. The average molecular weight is 471 g/mol. The lowest BCUT2D eigenvalue weighted by atomic mass is 10.0. The average Bonchev–Trinajstić information content (AvgIpc) is 2.94. The molecule has 0 N–H and O–H groups in total. The number of ether oxygens (including phenoxy) is 2. The van der Waals surface area contributed by atoms with Gasteiger partial charge in [0.2, 0.25) is 0 Å². The summed E-state index contributed by atoms with van der Waals surface area (Å²) in [4.78, 5) is 25.7. The topological polar surface area (TPSA) is 52.6 Å². The fourth-order valence-corrected chi connectivity index (χ4v) is 3.88. The molecule has 5 aromatic carbocycles. The summed E-state index contributed by atoms with van der Waals surface area (Å²) in [6, 6.07) is 40.5. The minimum absolute atomic E-state index is 0.333. The Morgan fingerprint density at radius 3 is 1.11 bits per heavy atom. The molecule has 36 heavy (non-hydrogen) atoms. The predicted molar refractivity (Wildman–Crippen MR) is 140 cm³/mol. The third-order valence-electron chi connectivity index (χ3n) is 5.71. The van der Waals surface area contributed by atoms with E-state index in [0.717, 1.165) is 22.3 Å². The Morgan fingerprint density at radius 1 is 0.389 bits per heavy atom. The van der Waals surface area contributed by atoms with Gasteiger partial charge in [0.15, 0.2) is 0 Å². The van der Waals surface area contributed by atoms with Crippen LogP contribution in [0.1, 0.15) is 20.7 Å². The van der Waals surface area contributed by atoms with Crippen molar-refractivity contribution in [2.45, 2.75) is 0 Å². The molecule has 0 aliphatic heterocycles. The molecule has 5 aromatic rings. The Hall–Kier alpha value is -4.96. The maximum Gasteiger partial charge on any atom is 0.343 e. The van der Waals surface area contributed by atoms with Crippen molar-refractivity contribution in [3.63, 3.8) is 0 Å². The second-order valence-corrected chi connectivity index (χ2v) is 8.08. The number of rotatable bonds is 6. The van der Waals surface area contributed by atoms with Crippen LogP contribution in [0.3, 0.4) is 0 Å². The first-order valence-electron chi connectivity index (χ1n) is 11.5. The van der Waals surface area contributed by atoms with Crippen molar-refractivity contribution in [1.29, 1.82) is 0 Å². The Balaban J connectivity index is 1.31. The molecule has 0 atom stereocenters. The third-order valence-corrected chi connectivity index (χ3v) is 5.71. The molecule has 0 saturated heterocycles. The van der Waals surface area contributed by atoms with Crippen molar-refractivity contribution in [2.24, 2.45) is 0 Å². The van der Waals surface area contributed by atoms with Crippen LogP contribution in [0.4, 0.5) is 0 Å². The Bertz CT molecular complexity index is 1370. The first kappa shape index (κ1) is 22.8. The van der Waals surface area contributed by atoms with Crippen LogP contribution >= 0.6 is 0 Å². The summed E-state index contributed by atoms with van der Waals surface area (Å²) in [5.74, 6) is -0.0788. The quantitative estimate of drug-likeness (QED) is 0.191. The molecular weight excluding hydrogens is 448 g/mol. The molecule has 4 heteroatoms. The van der Waals surface area contributed by atoms with Crippen LogP contribution in [0.5, 0.6) is 11.5 Å². The van der Waals surface area contributed by atoms with E-state index in [0.29, 0.717) is 22.6 Å². The van der Waals surface area contributed by atoms with E-state index in [-0.39, 0.29) is 0 Å². The van der Waals surface area contributed by atoms with E-state index in [1.54, 1.807) is 36.4 Å². The predicted octanol–water partition coefficient (Wildman–Crippen LogP) is 7.46. The van der Waals surface area contributed by atoms with E-state index in [4.69, 9.17) is 9.47 Å². The van der Waals surface area contributed by atoms with Crippen molar-refractivity contribution < 1.29 is 19.1 Å². The fourth-order valence-electron chi connectivity index (χ4n) is 3.88. The first-order valence-corrected chi connectivity index (χ1v) is 11.5. The van der Waals surface area contributed by atoms with Crippen LogP contribution in [0.25, 0.3) is 22.3 Å². The lowest BCUT2D eigenvalue weighted by molar-refractivity contribution is 0.0721. The number of carbonyl (C=O) groups excluding carboxylic acids is 2. The van der Waals surface area contributed by atoms with Crippen molar-refractivity contribution in [3.05, 3.63) is 145 Å². The highest BCUT2D eigenvalue weighted by atomic mass is 16.5. The summed E-state index contributed by atoms with van der Waals surface area (Å²) in [7, 11) is 0. The first-order chi connectivity index (χ1) is 17.7. The van der Waals surface area contributed by atoms with Gasteiger partial charge in [0.1, 0.15) is 11.5 Å². The SMILES string of the molecule is O=C(Oc1ccccc1-c1ccccc1)c1ccc(C(=O)Oc2ccccc2-c2ccccc2)cc1. The molecule has 0 aromatic heterocycles. The molecular formula is C32H22O4. The molecule has 0 aliphatic carbocycles. The second-order valence-electron chi connectivity index (χ2n) is 8.08. The monoisotopic (exact) mass is 470 g/mol. The maximum atomic E-state index is 12.8. The van der Waals surface area contributed by atoms with E-state index >= 15 is 0 Å². The molecule has 0 aliphatic rings. The summed E-state index contributed by atoms with van der Waals surface area (Å²) in [6.07, 6.45) is 0. The van der Waals surface area contributed by atoms with Gasteiger partial charge in [-0.25, -0.2) is 9.59 Å². The number of para-hydroxylation sites is 2. The standard InChI is InChI=1S/C32H22O4/c33-31(35-29-17-9-7-15-27(29)23-11-3-1-4-12-23)25-19-21-26(22-20-25)32(34)36-30-18-10-8-16-28(30)24-13-5-2-6-14-24/h1-22H. The molecule has 0 fully saturated rings. The Labute approximate surface area is 209 Å². The van der Waals surface area contributed by atoms with Crippen LogP contribution in [0.2, 0.25) is 0 Å². The van der Waals surface area contributed by atoms with Gasteiger partial charge in [0.05, 0.1) is 11.1 Å². The second kappa shape index (κ2) is 10.5. The van der Waals surface area contributed by atoms with E-state index in [1.807, 2.05) is 97.1 Å². The van der Waals surface area contributed by atoms with E-state index in [2.05, 4.69) is 0 Å². The van der Waals surface area contributed by atoms with Gasteiger partial charge in [0.25, 0.3) is 0 Å². The zero-order valence-electron chi connectivity index (χ0n) is 19.3. The normalized spacial score (nSPS) is 10.4. The molecule has 0 heterocycles. The Morgan fingerprint density at radius 2 is 0.722 bits per heavy atom. The van der Waals surface area contributed by atoms with Gasteiger partial charge in [0, 0.05) is 11.1 Å². The molecule has 0 amide bonds. The molecule has 0 saturated carbocycles. The molecule has 0 bridgehead atoms. The van der Waals surface area contributed by atoms with Gasteiger partial charge in [-0.3, -0.25) is 0 Å². The summed E-state index contributed by atoms with van der Waals surface area (Å²) in [5, 5.41) is 0. The van der Waals surface area contributed by atoms with Crippen molar-refractivity contribution in [1.82, 2.24) is 0 Å². The summed E-state index contributed by atoms with van der Waals surface area (Å²) in [6.45, 7) is 0. The van der Waals surface area contributed by atoms with Crippen molar-refractivity contribution in [3.8, 4) is 33.8 Å². The zero-order chi connectivity index (χ0) is 24.7. The molecule has 0 spiro atoms. The smallest absolute Gasteiger partial charge is 0.343 e. The largest absolute Gasteiger partial charge is 0.422 e. The lowest BCUT2D eigenvalue weighted by Crippen LogP contribution is -2.12. The van der Waals surface area contributed by atoms with Crippen LogP contribution in [-0.2, 0) is 0 Å². The zero-order valence-corrected chi connectivity index (χ0v) is 19.3. The minimum atomic E-state index is -0.507. The number of esters is 2. The summed E-state index contributed by atoms with van der Waals surface area (Å²) >= 11 is 0. The highest BCUT2D eigenvalue weighted by Gasteiger charge is 2.16. The van der Waals surface area contributed by atoms with Crippen molar-refractivity contribution >= 4 is 11.9 Å². The highest BCUT2D eigenvalue weighted by Crippen LogP contribution is 2.31. The fraction of sp³-hybridized carbons (Fsp3) is 0. The third kappa shape index (κ3) is 5.08. The minimum Gasteiger partial charge on any atom is -0.422 e. The van der Waals surface area contributed by atoms with Crippen molar-refractivity contribution in [2.75, 3.05) is 0 Å². The van der Waals surface area contributed by atoms with E-state index in [1.165, 1.54) is 0 Å². The maximum absolute atomic E-state index is 12.8. The number of hydrogen-bond acceptors (Lipinski definition) is 4. The summed E-state index contributed by atoms with van der Waals surface area (Å²) < 4.78 is 11.4. The molecule has 0 unspecified atom stereocenters. The van der Waals surface area contributed by atoms with Gasteiger partial charge < -0.3 is 9.47 Å². The Kier molecular flexibility index (Phi) is 6.68. The van der Waals surface area contributed by atoms with Gasteiger partial charge in [-0.2, -0.15) is 0 Å². The van der Waals surface area contributed by atoms with Gasteiger partial charge >= 0.3 is 11.9 Å². The van der Waals surface area contributed by atoms with Crippen LogP contribution in [0.15, 0.2) is 133 Å². The number of benzene rings is 5. The summed E-state index contributed by atoms with van der Waals surface area (Å²) in [5.41, 5.74) is 4.22. The molecule has 4 nitrogen and oxygen atoms in total. The van der Waals surface area contributed by atoms with Crippen LogP contribution < -0.4 is 9.47 Å². The molecule has 5 rings (SSSR count). The lowest BCUT2D eigenvalue weighted by Gasteiger charge is -2.11. The number of carbonyl (C=O) groups is 2.